The molecule has 2 heterocycles. The number of nitrogens with one attached hydrogen (secondary N) is 1. The Kier molecular flexibility index (Phi) is 4.84. The van der Waals surface area contributed by atoms with Crippen LogP contribution in [-0.4, -0.2) is 38.2 Å². The number of hydrogen-bond donors (Lipinski definition) is 2. The topological polar surface area (TPSA) is 76.7 Å². The van der Waals surface area contributed by atoms with Gasteiger partial charge in [-0.1, -0.05) is 0 Å². The molecule has 4 rings (SSSR count). The zero-order valence-corrected chi connectivity index (χ0v) is 16.5. The summed E-state index contributed by atoms with van der Waals surface area (Å²) in [6, 6.07) is 20.1. The van der Waals surface area contributed by atoms with Crippen LogP contribution in [0.25, 0.3) is 5.57 Å². The minimum absolute atomic E-state index is 0.0698. The molecule has 0 bridgehead atoms. The van der Waals surface area contributed by atoms with E-state index in [1.54, 1.807) is 6.92 Å². The number of benzene rings is 2. The number of hydrogen-bond acceptors (Lipinski definition) is 5. The third-order valence-electron chi connectivity index (χ3n) is 4.40. The van der Waals surface area contributed by atoms with Crippen molar-refractivity contribution in [3.05, 3.63) is 87.5 Å². The van der Waals surface area contributed by atoms with Gasteiger partial charge in [-0.25, -0.2) is 0 Å². The molecule has 0 spiro atoms. The predicted octanol–water partition coefficient (Wildman–Crippen LogP) is 2.23. The summed E-state index contributed by atoms with van der Waals surface area (Å²) >= 11 is -0.183. The third-order valence-corrected chi connectivity index (χ3v) is 6.92. The molecule has 6 heteroatoms. The monoisotopic (exact) mass is 425 g/mol. The first-order valence-electron chi connectivity index (χ1n) is 8.73. The molecule has 0 aromatic heterocycles. The van der Waals surface area contributed by atoms with E-state index in [2.05, 4.69) is 10.5 Å². The quantitative estimate of drug-likeness (QED) is 0.583. The number of rotatable bonds is 4. The van der Waals surface area contributed by atoms with Crippen LogP contribution in [0.2, 0.25) is 0 Å². The van der Waals surface area contributed by atoms with E-state index in [0.717, 1.165) is 28.0 Å². The molecule has 5 nitrogen and oxygen atoms in total. The molecule has 2 aromatic rings. The van der Waals surface area contributed by atoms with E-state index >= 15 is 0 Å². The Morgan fingerprint density at radius 2 is 1.74 bits per heavy atom. The van der Waals surface area contributed by atoms with Gasteiger partial charge in [0.1, 0.15) is 0 Å². The van der Waals surface area contributed by atoms with E-state index in [-0.39, 0.29) is 25.9 Å². The summed E-state index contributed by atoms with van der Waals surface area (Å²) in [6.45, 7) is 2.13. The number of fused-ring (bicyclic) bond motifs is 1. The van der Waals surface area contributed by atoms with Gasteiger partial charge in [0.25, 0.3) is 0 Å². The second kappa shape index (κ2) is 7.43. The summed E-state index contributed by atoms with van der Waals surface area (Å²) in [7, 11) is 0. The van der Waals surface area contributed by atoms with Gasteiger partial charge in [-0.15, -0.1) is 0 Å². The second-order valence-electron chi connectivity index (χ2n) is 6.07. The Morgan fingerprint density at radius 1 is 1.11 bits per heavy atom. The number of carbonyl (C=O) groups is 1. The molecule has 1 atom stereocenters. The normalized spacial score (nSPS) is 18.7. The molecule has 2 aliphatic heterocycles. The number of esters is 1. The van der Waals surface area contributed by atoms with Crippen LogP contribution in [0.1, 0.15) is 18.1 Å². The minimum atomic E-state index is -0.327. The van der Waals surface area contributed by atoms with Gasteiger partial charge < -0.3 is 0 Å². The molecular formula is C21H19N3O2Se. The third kappa shape index (κ3) is 3.18. The summed E-state index contributed by atoms with van der Waals surface area (Å²) in [5.74, 6) is -0.327. The van der Waals surface area contributed by atoms with Crippen LogP contribution in [0.3, 0.4) is 0 Å². The van der Waals surface area contributed by atoms with Crippen molar-refractivity contribution in [2.24, 2.45) is 10.8 Å². The molecule has 0 aliphatic carbocycles. The molecule has 0 radical (unpaired) electrons. The van der Waals surface area contributed by atoms with Crippen LogP contribution in [0.5, 0.6) is 0 Å². The molecule has 0 fully saturated rings. The summed E-state index contributed by atoms with van der Waals surface area (Å²) in [4.78, 5) is 12.3. The summed E-state index contributed by atoms with van der Waals surface area (Å²) < 4.78 is 5.78. The van der Waals surface area contributed by atoms with E-state index in [1.807, 2.05) is 60.7 Å². The Bertz CT molecular complexity index is 965. The van der Waals surface area contributed by atoms with Gasteiger partial charge in [0, 0.05) is 0 Å². The second-order valence-corrected chi connectivity index (χ2v) is 8.41. The fraction of sp³-hybridized carbons (Fsp3) is 0.143. The average Bonchev–Trinajstić information content (AvgIpc) is 3.06. The number of allylic oxidation sites excluding steroid dienone is 1. The van der Waals surface area contributed by atoms with Crippen molar-refractivity contribution in [1.82, 2.24) is 5.43 Å². The molecule has 2 aromatic carbocycles. The first-order chi connectivity index (χ1) is 13.2. The summed E-state index contributed by atoms with van der Waals surface area (Å²) in [6.07, 6.45) is 0. The molecule has 1 unspecified atom stereocenters. The van der Waals surface area contributed by atoms with Crippen LogP contribution in [0, 0.1) is 0 Å². The Morgan fingerprint density at radius 3 is 2.37 bits per heavy atom. The average molecular weight is 424 g/mol. The number of ether oxygens (including phenoxy) is 1. The van der Waals surface area contributed by atoms with Crippen LogP contribution in [-0.2, 0) is 9.53 Å². The molecule has 27 heavy (non-hydrogen) atoms. The van der Waals surface area contributed by atoms with Gasteiger partial charge in [0.05, 0.1) is 0 Å². The molecule has 3 N–H and O–H groups in total. The maximum absolute atomic E-state index is 12.4. The Balaban J connectivity index is 1.91. The van der Waals surface area contributed by atoms with E-state index in [4.69, 9.17) is 10.5 Å². The van der Waals surface area contributed by atoms with Gasteiger partial charge in [-0.05, 0) is 0 Å². The van der Waals surface area contributed by atoms with E-state index < -0.39 is 0 Å². The predicted molar refractivity (Wildman–Crippen MR) is 107 cm³/mol. The number of nitrogens with zero attached hydrogens (tertiary/aromatic N) is 1. The van der Waals surface area contributed by atoms with Crippen molar-refractivity contribution < 1.29 is 9.53 Å². The Labute approximate surface area is 164 Å². The van der Waals surface area contributed by atoms with Crippen LogP contribution in [0.15, 0.2) is 81.5 Å². The SMILES string of the molecule is CCOC(=O)C1=C(N)C2=C(c3ccccc3)C(c3ccccc3)=NNC2[Se]1. The van der Waals surface area contributed by atoms with Gasteiger partial charge >= 0.3 is 164 Å². The molecule has 0 amide bonds. The first kappa shape index (κ1) is 17.6. The maximum atomic E-state index is 12.4. The van der Waals surface area contributed by atoms with Crippen molar-refractivity contribution in [2.75, 3.05) is 6.61 Å². The summed E-state index contributed by atoms with van der Waals surface area (Å²) in [5, 5.41) is 4.66. The van der Waals surface area contributed by atoms with Crippen molar-refractivity contribution >= 4 is 32.2 Å². The molecule has 0 saturated carbocycles. The van der Waals surface area contributed by atoms with Crippen molar-refractivity contribution in [3.63, 3.8) is 0 Å². The zero-order valence-electron chi connectivity index (χ0n) is 14.8. The van der Waals surface area contributed by atoms with E-state index in [1.165, 1.54) is 0 Å². The number of carbonyl (C=O) groups excluding carboxylic acids is 1. The van der Waals surface area contributed by atoms with Gasteiger partial charge in [-0.2, -0.15) is 0 Å². The molecule has 136 valence electrons. The van der Waals surface area contributed by atoms with Crippen molar-refractivity contribution in [1.29, 1.82) is 0 Å². The fourth-order valence-electron chi connectivity index (χ4n) is 3.22. The van der Waals surface area contributed by atoms with Gasteiger partial charge in [-0.3, -0.25) is 0 Å². The number of hydrazone groups is 1. The molecule has 2 aliphatic rings. The number of nitrogens with two attached hydrogens (primary N) is 1. The van der Waals surface area contributed by atoms with E-state index in [0.29, 0.717) is 16.8 Å². The van der Waals surface area contributed by atoms with Crippen LogP contribution in [0.4, 0.5) is 0 Å². The van der Waals surface area contributed by atoms with Crippen LogP contribution >= 0.6 is 0 Å². The fourth-order valence-corrected chi connectivity index (χ4v) is 5.52. The zero-order chi connectivity index (χ0) is 18.8. The summed E-state index contributed by atoms with van der Waals surface area (Å²) in [5.41, 5.74) is 15.0. The van der Waals surface area contributed by atoms with Crippen molar-refractivity contribution in [2.45, 2.75) is 11.9 Å². The van der Waals surface area contributed by atoms with Gasteiger partial charge in [0.15, 0.2) is 0 Å². The first-order valence-corrected chi connectivity index (χ1v) is 10.6. The van der Waals surface area contributed by atoms with Gasteiger partial charge in [0.2, 0.25) is 0 Å². The van der Waals surface area contributed by atoms with Crippen molar-refractivity contribution in [3.8, 4) is 0 Å². The van der Waals surface area contributed by atoms with Crippen LogP contribution < -0.4 is 11.2 Å². The van der Waals surface area contributed by atoms with E-state index in [9.17, 15) is 4.79 Å². The Hall–Kier alpha value is -2.82. The molecule has 0 saturated heterocycles. The molecular weight excluding hydrogens is 405 g/mol. The standard InChI is InChI=1S/C21H19N3O2Se/c1-2-26-21(25)19-17(22)16-15(13-9-5-3-6-10-13)18(23-24-20(16)27-19)14-11-7-4-8-12-14/h3-12,20,24H,2,22H2,1H3.